The molecule has 0 aliphatic heterocycles. The van der Waals surface area contributed by atoms with Crippen LogP contribution in [-0.4, -0.2) is 20.8 Å². The van der Waals surface area contributed by atoms with Crippen LogP contribution in [-0.2, 0) is 7.05 Å². The molecule has 0 bridgehead atoms. The molecule has 2 aromatic heterocycles. The first kappa shape index (κ1) is 13.4. The number of hydrogen-bond acceptors (Lipinski definition) is 3. The van der Waals surface area contributed by atoms with Crippen LogP contribution in [0.5, 0.6) is 0 Å². The van der Waals surface area contributed by atoms with Crippen molar-refractivity contribution in [1.29, 1.82) is 0 Å². The van der Waals surface area contributed by atoms with Gasteiger partial charge in [0.15, 0.2) is 5.65 Å². The first-order chi connectivity index (χ1) is 9.54. The van der Waals surface area contributed by atoms with Gasteiger partial charge in [-0.3, -0.25) is 4.68 Å². The molecule has 2 aromatic rings. The lowest BCUT2D eigenvalue weighted by molar-refractivity contribution is 0.280. The van der Waals surface area contributed by atoms with Gasteiger partial charge in [-0.05, 0) is 37.7 Å². The minimum Gasteiger partial charge on any atom is -0.381 e. The van der Waals surface area contributed by atoms with Gasteiger partial charge in [0.05, 0.1) is 17.6 Å². The third-order valence-corrected chi connectivity index (χ3v) is 4.67. The summed E-state index contributed by atoms with van der Waals surface area (Å²) >= 11 is 0. The van der Waals surface area contributed by atoms with Gasteiger partial charge in [0.1, 0.15) is 0 Å². The topological polar surface area (TPSA) is 42.7 Å². The van der Waals surface area contributed by atoms with Gasteiger partial charge in [0.2, 0.25) is 0 Å². The molecule has 4 nitrogen and oxygen atoms in total. The monoisotopic (exact) mass is 272 g/mol. The largest absolute Gasteiger partial charge is 0.381 e. The van der Waals surface area contributed by atoms with E-state index in [1.807, 2.05) is 24.9 Å². The fourth-order valence-corrected chi connectivity index (χ4v) is 3.33. The van der Waals surface area contributed by atoms with E-state index in [0.717, 1.165) is 34.3 Å². The van der Waals surface area contributed by atoms with Crippen LogP contribution in [0.3, 0.4) is 0 Å². The molecule has 1 fully saturated rings. The van der Waals surface area contributed by atoms with Gasteiger partial charge < -0.3 is 5.32 Å². The SMILES string of the molecule is Cc1nn(C)c2ncc(NC3CC(C)CCC3C)cc12. The Morgan fingerprint density at radius 1 is 1.30 bits per heavy atom. The molecule has 3 atom stereocenters. The van der Waals surface area contributed by atoms with Crippen LogP contribution < -0.4 is 5.32 Å². The van der Waals surface area contributed by atoms with Gasteiger partial charge in [-0.1, -0.05) is 20.3 Å². The molecular weight excluding hydrogens is 248 g/mol. The van der Waals surface area contributed by atoms with Crippen molar-refractivity contribution >= 4 is 16.7 Å². The van der Waals surface area contributed by atoms with Crippen molar-refractivity contribution in [3.8, 4) is 0 Å². The second-order valence-electron chi connectivity index (χ2n) is 6.45. The lowest BCUT2D eigenvalue weighted by atomic mass is 9.80. The third-order valence-electron chi connectivity index (χ3n) is 4.67. The van der Waals surface area contributed by atoms with Gasteiger partial charge >= 0.3 is 0 Å². The van der Waals surface area contributed by atoms with E-state index in [2.05, 4.69) is 35.3 Å². The van der Waals surface area contributed by atoms with Gasteiger partial charge in [-0.25, -0.2) is 4.98 Å². The molecule has 0 saturated heterocycles. The Balaban J connectivity index is 1.85. The Morgan fingerprint density at radius 3 is 2.90 bits per heavy atom. The smallest absolute Gasteiger partial charge is 0.157 e. The molecule has 20 heavy (non-hydrogen) atoms. The predicted molar refractivity (Wildman–Crippen MR) is 82.8 cm³/mol. The van der Waals surface area contributed by atoms with E-state index in [1.54, 1.807) is 0 Å². The number of nitrogens with zero attached hydrogens (tertiary/aromatic N) is 3. The summed E-state index contributed by atoms with van der Waals surface area (Å²) < 4.78 is 1.85. The summed E-state index contributed by atoms with van der Waals surface area (Å²) in [5, 5.41) is 9.27. The van der Waals surface area contributed by atoms with Crippen LogP contribution >= 0.6 is 0 Å². The average Bonchev–Trinajstić information content (AvgIpc) is 2.69. The van der Waals surface area contributed by atoms with Crippen molar-refractivity contribution in [3.05, 3.63) is 18.0 Å². The molecule has 0 radical (unpaired) electrons. The maximum atomic E-state index is 4.55. The molecule has 0 spiro atoms. The number of fused-ring (bicyclic) bond motifs is 1. The molecule has 108 valence electrons. The zero-order chi connectivity index (χ0) is 14.3. The normalized spacial score (nSPS) is 26.9. The maximum absolute atomic E-state index is 4.55. The van der Waals surface area contributed by atoms with E-state index < -0.39 is 0 Å². The van der Waals surface area contributed by atoms with Crippen LogP contribution in [0.15, 0.2) is 12.3 Å². The van der Waals surface area contributed by atoms with Crippen LogP contribution in [0, 0.1) is 18.8 Å². The summed E-state index contributed by atoms with van der Waals surface area (Å²) in [4.78, 5) is 4.55. The summed E-state index contributed by atoms with van der Waals surface area (Å²) in [7, 11) is 1.94. The number of hydrogen-bond donors (Lipinski definition) is 1. The molecule has 4 heteroatoms. The molecule has 3 rings (SSSR count). The van der Waals surface area contributed by atoms with Gasteiger partial charge in [-0.15, -0.1) is 0 Å². The van der Waals surface area contributed by atoms with Crippen LogP contribution in [0.1, 0.15) is 38.8 Å². The Bertz CT molecular complexity index is 616. The first-order valence-corrected chi connectivity index (χ1v) is 7.60. The highest BCUT2D eigenvalue weighted by atomic mass is 15.3. The molecule has 2 heterocycles. The molecule has 1 aliphatic carbocycles. The first-order valence-electron chi connectivity index (χ1n) is 7.60. The van der Waals surface area contributed by atoms with E-state index in [0.29, 0.717) is 6.04 Å². The predicted octanol–water partition coefficient (Wildman–Crippen LogP) is 3.51. The molecular formula is C16H24N4. The van der Waals surface area contributed by atoms with Crippen LogP contribution in [0.2, 0.25) is 0 Å². The quantitative estimate of drug-likeness (QED) is 0.909. The maximum Gasteiger partial charge on any atom is 0.157 e. The average molecular weight is 272 g/mol. The Labute approximate surface area is 120 Å². The standard InChI is InChI=1S/C16H24N4/c1-10-5-6-11(2)15(7-10)18-13-8-14-12(3)19-20(4)16(14)17-9-13/h8-11,15,18H,5-7H2,1-4H3. The summed E-state index contributed by atoms with van der Waals surface area (Å²) in [6.07, 6.45) is 5.87. The van der Waals surface area contributed by atoms with E-state index in [4.69, 9.17) is 0 Å². The van der Waals surface area contributed by atoms with Crippen molar-refractivity contribution in [2.24, 2.45) is 18.9 Å². The molecule has 1 saturated carbocycles. The highest BCUT2D eigenvalue weighted by Gasteiger charge is 2.25. The summed E-state index contributed by atoms with van der Waals surface area (Å²) in [5.74, 6) is 1.55. The second kappa shape index (κ2) is 5.08. The number of pyridine rings is 1. The van der Waals surface area contributed by atoms with Gasteiger partial charge in [0.25, 0.3) is 0 Å². The Morgan fingerprint density at radius 2 is 2.10 bits per heavy atom. The number of aryl methyl sites for hydroxylation is 2. The third kappa shape index (κ3) is 2.39. The minimum absolute atomic E-state index is 0.565. The molecule has 0 amide bonds. The lowest BCUT2D eigenvalue weighted by Gasteiger charge is -2.33. The molecule has 1 aliphatic rings. The van der Waals surface area contributed by atoms with Gasteiger partial charge in [0, 0.05) is 18.5 Å². The zero-order valence-electron chi connectivity index (χ0n) is 12.8. The molecule has 3 unspecified atom stereocenters. The minimum atomic E-state index is 0.565. The van der Waals surface area contributed by atoms with E-state index in [1.165, 1.54) is 19.3 Å². The van der Waals surface area contributed by atoms with Gasteiger partial charge in [-0.2, -0.15) is 5.10 Å². The van der Waals surface area contributed by atoms with Crippen molar-refractivity contribution in [3.63, 3.8) is 0 Å². The fraction of sp³-hybridized carbons (Fsp3) is 0.625. The Hall–Kier alpha value is -1.58. The summed E-state index contributed by atoms with van der Waals surface area (Å²) in [5.41, 5.74) is 3.13. The van der Waals surface area contributed by atoms with Crippen molar-refractivity contribution in [2.75, 3.05) is 5.32 Å². The van der Waals surface area contributed by atoms with Crippen LogP contribution in [0.25, 0.3) is 11.0 Å². The second-order valence-corrected chi connectivity index (χ2v) is 6.45. The van der Waals surface area contributed by atoms with Crippen molar-refractivity contribution in [1.82, 2.24) is 14.8 Å². The highest BCUT2D eigenvalue weighted by Crippen LogP contribution is 2.31. The lowest BCUT2D eigenvalue weighted by Crippen LogP contribution is -2.33. The number of nitrogens with one attached hydrogen (secondary N) is 1. The zero-order valence-corrected chi connectivity index (χ0v) is 12.8. The molecule has 0 aromatic carbocycles. The van der Waals surface area contributed by atoms with Crippen LogP contribution in [0.4, 0.5) is 5.69 Å². The number of rotatable bonds is 2. The van der Waals surface area contributed by atoms with E-state index >= 15 is 0 Å². The number of aromatic nitrogens is 3. The summed E-state index contributed by atoms with van der Waals surface area (Å²) in [6, 6.07) is 2.76. The van der Waals surface area contributed by atoms with E-state index in [9.17, 15) is 0 Å². The summed E-state index contributed by atoms with van der Waals surface area (Å²) in [6.45, 7) is 6.75. The number of anilines is 1. The van der Waals surface area contributed by atoms with Crippen molar-refractivity contribution < 1.29 is 0 Å². The van der Waals surface area contributed by atoms with Crippen molar-refractivity contribution in [2.45, 2.75) is 46.1 Å². The fourth-order valence-electron chi connectivity index (χ4n) is 3.33. The Kier molecular flexibility index (Phi) is 3.40. The highest BCUT2D eigenvalue weighted by molar-refractivity contribution is 5.81. The molecule has 1 N–H and O–H groups in total. The van der Waals surface area contributed by atoms with E-state index in [-0.39, 0.29) is 0 Å².